The van der Waals surface area contributed by atoms with Crippen LogP contribution in [0.15, 0.2) is 28.6 Å². The Morgan fingerprint density at radius 2 is 1.89 bits per heavy atom. The number of rotatable bonds is 6. The van der Waals surface area contributed by atoms with Crippen molar-refractivity contribution in [3.63, 3.8) is 0 Å². The van der Waals surface area contributed by atoms with E-state index in [2.05, 4.69) is 67.5 Å². The summed E-state index contributed by atoms with van der Waals surface area (Å²) in [6.45, 7) is 8.66. The molecule has 0 unspecified atom stereocenters. The van der Waals surface area contributed by atoms with Gasteiger partial charge in [-0.15, -0.1) is 10.2 Å². The number of hydrogen-bond acceptors (Lipinski definition) is 6. The number of thioether (sulfide) groups is 1. The first-order valence-corrected chi connectivity index (χ1v) is 11.4. The number of benzene rings is 1. The molecule has 5 nitrogen and oxygen atoms in total. The van der Waals surface area contributed by atoms with Crippen LogP contribution in [0.5, 0.6) is 0 Å². The molecule has 2 aromatic rings. The van der Waals surface area contributed by atoms with Gasteiger partial charge in [0.1, 0.15) is 0 Å². The third kappa shape index (κ3) is 5.23. The number of anilines is 2. The molecule has 3 rings (SSSR count). The maximum absolute atomic E-state index is 12.6. The summed E-state index contributed by atoms with van der Waals surface area (Å²) in [5.41, 5.74) is 2.31. The highest BCUT2D eigenvalue weighted by Gasteiger charge is 2.28. The molecular formula is C20H28N4OS2. The zero-order valence-corrected chi connectivity index (χ0v) is 18.1. The smallest absolute Gasteiger partial charge is 0.233 e. The quantitative estimate of drug-likeness (QED) is 0.663. The minimum Gasteiger partial charge on any atom is -0.337 e. The SMILES string of the molecule is CC(C)c1ccc(Nc2nnc(SCC(=O)N3[C@@H](C)CCC[C@@H]3C)s2)cc1. The second kappa shape index (κ2) is 9.06. The first-order chi connectivity index (χ1) is 12.9. The summed E-state index contributed by atoms with van der Waals surface area (Å²) in [5.74, 6) is 1.15. The van der Waals surface area contributed by atoms with E-state index in [9.17, 15) is 4.79 Å². The van der Waals surface area contributed by atoms with E-state index >= 15 is 0 Å². The van der Waals surface area contributed by atoms with E-state index in [0.717, 1.165) is 28.0 Å². The number of nitrogens with zero attached hydrogens (tertiary/aromatic N) is 3. The van der Waals surface area contributed by atoms with Crippen LogP contribution >= 0.6 is 23.1 Å². The number of carbonyl (C=O) groups excluding carboxylic acids is 1. The van der Waals surface area contributed by atoms with Crippen LogP contribution in [0.25, 0.3) is 0 Å². The minimum absolute atomic E-state index is 0.202. The summed E-state index contributed by atoms with van der Waals surface area (Å²) in [6, 6.07) is 9.05. The van der Waals surface area contributed by atoms with Crippen molar-refractivity contribution in [2.24, 2.45) is 0 Å². The molecule has 1 aliphatic heterocycles. The lowest BCUT2D eigenvalue weighted by Crippen LogP contribution is -2.48. The summed E-state index contributed by atoms with van der Waals surface area (Å²) < 4.78 is 0.821. The van der Waals surface area contributed by atoms with Gasteiger partial charge in [-0.2, -0.15) is 0 Å². The van der Waals surface area contributed by atoms with E-state index < -0.39 is 0 Å². The average molecular weight is 405 g/mol. The molecule has 0 spiro atoms. The Morgan fingerprint density at radius 3 is 2.52 bits per heavy atom. The molecule has 1 aliphatic rings. The van der Waals surface area contributed by atoms with Crippen LogP contribution in [0.3, 0.4) is 0 Å². The lowest BCUT2D eigenvalue weighted by molar-refractivity contribution is -0.134. The second-order valence-corrected chi connectivity index (χ2v) is 9.69. The van der Waals surface area contributed by atoms with Gasteiger partial charge in [0, 0.05) is 17.8 Å². The van der Waals surface area contributed by atoms with Gasteiger partial charge in [-0.05, 0) is 56.7 Å². The molecule has 2 heterocycles. The average Bonchev–Trinajstić information content (AvgIpc) is 3.07. The maximum Gasteiger partial charge on any atom is 0.233 e. The summed E-state index contributed by atoms with van der Waals surface area (Å²) in [4.78, 5) is 14.7. The fraction of sp³-hybridized carbons (Fsp3) is 0.550. The molecule has 1 saturated heterocycles. The zero-order valence-electron chi connectivity index (χ0n) is 16.4. The predicted octanol–water partition coefficient (Wildman–Crippen LogP) is 5.29. The molecule has 1 amide bonds. The van der Waals surface area contributed by atoms with Gasteiger partial charge in [0.25, 0.3) is 0 Å². The van der Waals surface area contributed by atoms with Crippen molar-refractivity contribution in [1.82, 2.24) is 15.1 Å². The van der Waals surface area contributed by atoms with Gasteiger partial charge < -0.3 is 10.2 Å². The molecule has 1 fully saturated rings. The Morgan fingerprint density at radius 1 is 1.22 bits per heavy atom. The van der Waals surface area contributed by atoms with E-state index in [-0.39, 0.29) is 5.91 Å². The van der Waals surface area contributed by atoms with Gasteiger partial charge in [0.05, 0.1) is 5.75 Å². The summed E-state index contributed by atoms with van der Waals surface area (Å²) >= 11 is 2.97. The largest absolute Gasteiger partial charge is 0.337 e. The highest BCUT2D eigenvalue weighted by atomic mass is 32.2. The molecule has 0 radical (unpaired) electrons. The Labute approximate surface area is 170 Å². The predicted molar refractivity (Wildman–Crippen MR) is 114 cm³/mol. The monoisotopic (exact) mass is 404 g/mol. The van der Waals surface area contributed by atoms with Crippen molar-refractivity contribution in [3.8, 4) is 0 Å². The lowest BCUT2D eigenvalue weighted by Gasteiger charge is -2.39. The van der Waals surface area contributed by atoms with Crippen molar-refractivity contribution in [3.05, 3.63) is 29.8 Å². The molecule has 146 valence electrons. The summed E-state index contributed by atoms with van der Waals surface area (Å²) in [7, 11) is 0. The molecule has 7 heteroatoms. The van der Waals surface area contributed by atoms with E-state index in [1.165, 1.54) is 35.1 Å². The van der Waals surface area contributed by atoms with Crippen LogP contribution in [0.2, 0.25) is 0 Å². The van der Waals surface area contributed by atoms with E-state index in [4.69, 9.17) is 0 Å². The highest BCUT2D eigenvalue weighted by Crippen LogP contribution is 2.30. The van der Waals surface area contributed by atoms with Crippen LogP contribution in [0.1, 0.15) is 58.4 Å². The van der Waals surface area contributed by atoms with Crippen LogP contribution in [-0.4, -0.2) is 38.8 Å². The molecule has 27 heavy (non-hydrogen) atoms. The molecule has 1 aromatic carbocycles. The molecule has 0 bridgehead atoms. The lowest BCUT2D eigenvalue weighted by atomic mass is 9.98. The van der Waals surface area contributed by atoms with Crippen molar-refractivity contribution in [1.29, 1.82) is 0 Å². The first-order valence-electron chi connectivity index (χ1n) is 9.58. The van der Waals surface area contributed by atoms with Crippen LogP contribution < -0.4 is 5.32 Å². The third-order valence-corrected chi connectivity index (χ3v) is 6.99. The fourth-order valence-electron chi connectivity index (χ4n) is 3.50. The van der Waals surface area contributed by atoms with Gasteiger partial charge in [0.15, 0.2) is 4.34 Å². The number of piperidine rings is 1. The molecule has 0 aliphatic carbocycles. The molecule has 0 saturated carbocycles. The standard InChI is InChI=1S/C20H28N4OS2/c1-13(2)16-8-10-17(11-9-16)21-19-22-23-20(27-19)26-12-18(25)24-14(3)6-5-7-15(24)4/h8-11,13-15H,5-7,12H2,1-4H3,(H,21,22)/t14-,15-/m0/s1. The number of hydrogen-bond donors (Lipinski definition) is 1. The topological polar surface area (TPSA) is 58.1 Å². The van der Waals surface area contributed by atoms with Crippen molar-refractivity contribution >= 4 is 39.8 Å². The fourth-order valence-corrected chi connectivity index (χ4v) is 5.15. The number of amides is 1. The van der Waals surface area contributed by atoms with Crippen LogP contribution in [0.4, 0.5) is 10.8 Å². The Hall–Kier alpha value is -1.60. The third-order valence-electron chi connectivity index (χ3n) is 5.04. The normalized spacial score (nSPS) is 20.1. The van der Waals surface area contributed by atoms with Crippen molar-refractivity contribution in [2.75, 3.05) is 11.1 Å². The highest BCUT2D eigenvalue weighted by molar-refractivity contribution is 8.01. The minimum atomic E-state index is 0.202. The van der Waals surface area contributed by atoms with Crippen molar-refractivity contribution < 1.29 is 4.79 Å². The van der Waals surface area contributed by atoms with Crippen molar-refractivity contribution in [2.45, 2.75) is 69.3 Å². The second-order valence-electron chi connectivity index (χ2n) is 7.49. The molecule has 2 atom stereocenters. The number of carbonyl (C=O) groups is 1. The Kier molecular flexibility index (Phi) is 6.76. The van der Waals surface area contributed by atoms with E-state index in [1.807, 2.05) is 4.90 Å². The van der Waals surface area contributed by atoms with Crippen LogP contribution in [0, 0.1) is 0 Å². The number of nitrogens with one attached hydrogen (secondary N) is 1. The Balaban J connectivity index is 1.54. The molecule has 1 N–H and O–H groups in total. The Bertz CT molecular complexity index is 750. The van der Waals surface area contributed by atoms with Gasteiger partial charge in [-0.1, -0.05) is 49.1 Å². The summed E-state index contributed by atoms with van der Waals surface area (Å²) in [5, 5.41) is 12.5. The number of likely N-dealkylation sites (tertiary alicyclic amines) is 1. The van der Waals surface area contributed by atoms with Gasteiger partial charge in [-0.25, -0.2) is 0 Å². The molecular weight excluding hydrogens is 376 g/mol. The van der Waals surface area contributed by atoms with Gasteiger partial charge in [-0.3, -0.25) is 4.79 Å². The first kappa shape index (κ1) is 20.1. The van der Waals surface area contributed by atoms with Crippen LogP contribution in [-0.2, 0) is 4.79 Å². The molecule has 1 aromatic heterocycles. The zero-order chi connectivity index (χ0) is 19.4. The van der Waals surface area contributed by atoms with E-state index in [1.54, 1.807) is 0 Å². The number of aromatic nitrogens is 2. The maximum atomic E-state index is 12.6. The van der Waals surface area contributed by atoms with Gasteiger partial charge in [0.2, 0.25) is 11.0 Å². The van der Waals surface area contributed by atoms with Gasteiger partial charge >= 0.3 is 0 Å². The summed E-state index contributed by atoms with van der Waals surface area (Å²) in [6.07, 6.45) is 3.41. The van der Waals surface area contributed by atoms with E-state index in [0.29, 0.717) is 23.8 Å².